The molecule has 0 atom stereocenters. The Balaban J connectivity index is 0.00000264. The summed E-state index contributed by atoms with van der Waals surface area (Å²) in [5, 5.41) is 3.29. The van der Waals surface area contributed by atoms with Crippen LogP contribution in [0.3, 0.4) is 0 Å². The van der Waals surface area contributed by atoms with E-state index in [0.29, 0.717) is 6.54 Å². The number of carbonyl (C=O) groups is 1. The minimum Gasteiger partial charge on any atom is -0.338 e. The Bertz CT molecular complexity index is 634. The molecule has 1 amide bonds. The van der Waals surface area contributed by atoms with Crippen LogP contribution in [0.1, 0.15) is 26.2 Å². The zero-order valence-electron chi connectivity index (χ0n) is 13.7. The van der Waals surface area contributed by atoms with Gasteiger partial charge in [0.25, 0.3) is 5.56 Å². The van der Waals surface area contributed by atoms with E-state index in [0.717, 1.165) is 36.9 Å². The molecular weight excluding hydrogens is 320 g/mol. The maximum Gasteiger partial charge on any atom is 0.331 e. The number of piperidine rings is 1. The Morgan fingerprint density at radius 3 is 2.61 bits per heavy atom. The lowest BCUT2D eigenvalue weighted by Gasteiger charge is -2.34. The molecule has 1 N–H and O–H groups in total. The third kappa shape index (κ3) is 4.68. The van der Waals surface area contributed by atoms with Gasteiger partial charge in [-0.1, -0.05) is 6.92 Å². The van der Waals surface area contributed by atoms with Crippen LogP contribution in [-0.2, 0) is 18.4 Å². The summed E-state index contributed by atoms with van der Waals surface area (Å²) >= 11 is 0. The van der Waals surface area contributed by atoms with Crippen LogP contribution >= 0.6 is 12.4 Å². The van der Waals surface area contributed by atoms with Crippen LogP contribution < -0.4 is 16.6 Å². The number of carbonyl (C=O) groups excluding carboxylic acids is 1. The SMILES string of the molecule is CCCN(C(=O)Cn1ccc(=O)n(C)c1=O)C1CCNCC1.Cl. The largest absolute Gasteiger partial charge is 0.338 e. The molecule has 2 heterocycles. The van der Waals surface area contributed by atoms with Gasteiger partial charge >= 0.3 is 5.69 Å². The zero-order valence-corrected chi connectivity index (χ0v) is 14.5. The number of hydrogen-bond donors (Lipinski definition) is 1. The molecule has 0 saturated carbocycles. The summed E-state index contributed by atoms with van der Waals surface area (Å²) in [5.74, 6) is -0.0606. The molecular formula is C15H25ClN4O3. The van der Waals surface area contributed by atoms with Crippen LogP contribution in [0.25, 0.3) is 0 Å². The van der Waals surface area contributed by atoms with Crippen molar-refractivity contribution in [3.63, 3.8) is 0 Å². The first-order valence-corrected chi connectivity index (χ1v) is 7.81. The molecule has 0 aromatic carbocycles. The minimum absolute atomic E-state index is 0. The summed E-state index contributed by atoms with van der Waals surface area (Å²) in [6.45, 7) is 4.55. The summed E-state index contributed by atoms with van der Waals surface area (Å²) in [6.07, 6.45) is 4.16. The lowest BCUT2D eigenvalue weighted by Crippen LogP contribution is -2.48. The van der Waals surface area contributed by atoms with E-state index in [2.05, 4.69) is 5.32 Å². The van der Waals surface area contributed by atoms with Gasteiger partial charge in [-0.15, -0.1) is 12.4 Å². The molecule has 1 aliphatic heterocycles. The highest BCUT2D eigenvalue weighted by Gasteiger charge is 2.24. The second-order valence-electron chi connectivity index (χ2n) is 5.69. The predicted octanol–water partition coefficient (Wildman–Crippen LogP) is -0.0406. The Morgan fingerprint density at radius 2 is 2.00 bits per heavy atom. The summed E-state index contributed by atoms with van der Waals surface area (Å²) < 4.78 is 2.31. The van der Waals surface area contributed by atoms with Crippen molar-refractivity contribution in [2.45, 2.75) is 38.8 Å². The first-order valence-electron chi connectivity index (χ1n) is 7.81. The van der Waals surface area contributed by atoms with E-state index in [4.69, 9.17) is 0 Å². The van der Waals surface area contributed by atoms with E-state index in [9.17, 15) is 14.4 Å². The third-order valence-electron chi connectivity index (χ3n) is 4.10. The average Bonchev–Trinajstić information content (AvgIpc) is 2.54. The number of rotatable bonds is 5. The van der Waals surface area contributed by atoms with Gasteiger partial charge in [-0.2, -0.15) is 0 Å². The van der Waals surface area contributed by atoms with Gasteiger partial charge in [-0.25, -0.2) is 4.79 Å². The van der Waals surface area contributed by atoms with Crippen molar-refractivity contribution >= 4 is 18.3 Å². The fourth-order valence-corrected chi connectivity index (χ4v) is 2.84. The standard InChI is InChI=1S/C15H24N4O3.ClH/c1-3-9-19(12-4-7-16-8-5-12)14(21)11-18-10-6-13(20)17(2)15(18)22;/h6,10,12,16H,3-5,7-9,11H2,1-2H3;1H. The number of halogens is 1. The van der Waals surface area contributed by atoms with Crippen molar-refractivity contribution in [3.05, 3.63) is 33.1 Å². The summed E-state index contributed by atoms with van der Waals surface area (Å²) in [5.41, 5.74) is -0.819. The molecule has 7 nitrogen and oxygen atoms in total. The maximum atomic E-state index is 12.6. The van der Waals surface area contributed by atoms with Crippen molar-refractivity contribution in [1.29, 1.82) is 0 Å². The number of amides is 1. The molecule has 0 unspecified atom stereocenters. The van der Waals surface area contributed by atoms with E-state index < -0.39 is 5.69 Å². The number of nitrogens with zero attached hydrogens (tertiary/aromatic N) is 3. The van der Waals surface area contributed by atoms with Crippen LogP contribution in [0.2, 0.25) is 0 Å². The van der Waals surface area contributed by atoms with Gasteiger partial charge in [0.1, 0.15) is 6.54 Å². The molecule has 2 rings (SSSR count). The molecule has 130 valence electrons. The highest BCUT2D eigenvalue weighted by molar-refractivity contribution is 5.85. The lowest BCUT2D eigenvalue weighted by molar-refractivity contribution is -0.134. The molecule has 0 aliphatic carbocycles. The molecule has 0 spiro atoms. The van der Waals surface area contributed by atoms with Crippen molar-refractivity contribution in [2.24, 2.45) is 7.05 Å². The zero-order chi connectivity index (χ0) is 16.1. The van der Waals surface area contributed by atoms with E-state index in [1.165, 1.54) is 23.9 Å². The molecule has 1 aliphatic rings. The minimum atomic E-state index is -0.456. The highest BCUT2D eigenvalue weighted by Crippen LogP contribution is 2.13. The average molecular weight is 345 g/mol. The maximum absolute atomic E-state index is 12.6. The van der Waals surface area contributed by atoms with Gasteiger partial charge in [0.05, 0.1) is 0 Å². The van der Waals surface area contributed by atoms with Gasteiger partial charge in [-0.3, -0.25) is 18.7 Å². The highest BCUT2D eigenvalue weighted by atomic mass is 35.5. The van der Waals surface area contributed by atoms with Crippen LogP contribution in [0.5, 0.6) is 0 Å². The fourth-order valence-electron chi connectivity index (χ4n) is 2.84. The van der Waals surface area contributed by atoms with Gasteiger partial charge in [0.15, 0.2) is 0 Å². The Labute approximate surface area is 141 Å². The first kappa shape index (κ1) is 19.4. The normalized spacial score (nSPS) is 15.0. The summed E-state index contributed by atoms with van der Waals surface area (Å²) in [7, 11) is 1.42. The van der Waals surface area contributed by atoms with Gasteiger partial charge in [0, 0.05) is 31.9 Å². The van der Waals surface area contributed by atoms with Crippen LogP contribution in [0.15, 0.2) is 21.9 Å². The molecule has 1 aromatic heterocycles. The summed E-state index contributed by atoms with van der Waals surface area (Å²) in [6, 6.07) is 1.54. The molecule has 8 heteroatoms. The van der Waals surface area contributed by atoms with E-state index in [1.807, 2.05) is 11.8 Å². The molecule has 0 bridgehead atoms. The van der Waals surface area contributed by atoms with Crippen molar-refractivity contribution in [2.75, 3.05) is 19.6 Å². The molecule has 0 radical (unpaired) electrons. The fraction of sp³-hybridized carbons (Fsp3) is 0.667. The number of aromatic nitrogens is 2. The third-order valence-corrected chi connectivity index (χ3v) is 4.10. The van der Waals surface area contributed by atoms with Gasteiger partial charge in [0.2, 0.25) is 5.91 Å². The van der Waals surface area contributed by atoms with Crippen LogP contribution in [0, 0.1) is 0 Å². The monoisotopic (exact) mass is 344 g/mol. The van der Waals surface area contributed by atoms with Gasteiger partial charge in [-0.05, 0) is 32.4 Å². The summed E-state index contributed by atoms with van der Waals surface area (Å²) in [4.78, 5) is 37.9. The molecule has 1 aromatic rings. The smallest absolute Gasteiger partial charge is 0.331 e. The predicted molar refractivity (Wildman–Crippen MR) is 91.1 cm³/mol. The van der Waals surface area contributed by atoms with Crippen LogP contribution in [0.4, 0.5) is 0 Å². The van der Waals surface area contributed by atoms with Gasteiger partial charge < -0.3 is 10.2 Å². The Morgan fingerprint density at radius 1 is 1.35 bits per heavy atom. The second-order valence-corrected chi connectivity index (χ2v) is 5.69. The van der Waals surface area contributed by atoms with E-state index >= 15 is 0 Å². The molecule has 1 saturated heterocycles. The Kier molecular flexibility index (Phi) is 7.51. The number of nitrogens with one attached hydrogen (secondary N) is 1. The van der Waals surface area contributed by atoms with Crippen LogP contribution in [-0.4, -0.2) is 45.6 Å². The lowest BCUT2D eigenvalue weighted by atomic mass is 10.0. The molecule has 23 heavy (non-hydrogen) atoms. The van der Waals surface area contributed by atoms with Crippen molar-refractivity contribution in [1.82, 2.24) is 19.4 Å². The van der Waals surface area contributed by atoms with E-state index in [1.54, 1.807) is 0 Å². The van der Waals surface area contributed by atoms with Crippen molar-refractivity contribution in [3.8, 4) is 0 Å². The van der Waals surface area contributed by atoms with E-state index in [-0.39, 0.29) is 36.5 Å². The number of hydrogen-bond acceptors (Lipinski definition) is 4. The van der Waals surface area contributed by atoms with Crippen molar-refractivity contribution < 1.29 is 4.79 Å². The Hall–Kier alpha value is -1.60. The second kappa shape index (κ2) is 8.88. The quantitative estimate of drug-likeness (QED) is 0.813. The first-order chi connectivity index (χ1) is 10.5. The topological polar surface area (TPSA) is 76.3 Å². The molecule has 1 fully saturated rings.